The minimum atomic E-state index is -0.417. The van der Waals surface area contributed by atoms with Crippen molar-refractivity contribution in [2.75, 3.05) is 6.61 Å². The van der Waals surface area contributed by atoms with Gasteiger partial charge in [0.1, 0.15) is 0 Å². The van der Waals surface area contributed by atoms with E-state index in [1.54, 1.807) is 17.9 Å². The molecule has 0 atom stereocenters. The number of carbonyl (C=O) groups is 1. The molecule has 1 saturated carbocycles. The number of aliphatic hydroxyl groups is 1. The third-order valence-electron chi connectivity index (χ3n) is 3.50. The average Bonchev–Trinajstić information content (AvgIpc) is 2.86. The van der Waals surface area contributed by atoms with E-state index < -0.39 is 5.54 Å². The average molecular weight is 237 g/mol. The highest BCUT2D eigenvalue weighted by molar-refractivity contribution is 5.95. The van der Waals surface area contributed by atoms with Crippen LogP contribution >= 0.6 is 0 Å². The highest BCUT2D eigenvalue weighted by Crippen LogP contribution is 2.29. The van der Waals surface area contributed by atoms with Gasteiger partial charge in [-0.15, -0.1) is 0 Å². The first-order valence-corrected chi connectivity index (χ1v) is 6.00. The summed E-state index contributed by atoms with van der Waals surface area (Å²) in [5, 5.41) is 16.6. The van der Waals surface area contributed by atoms with Crippen molar-refractivity contribution >= 4 is 5.91 Å². The predicted octanol–water partition coefficient (Wildman–Crippen LogP) is 0.763. The van der Waals surface area contributed by atoms with Crippen molar-refractivity contribution in [1.29, 1.82) is 0 Å². The van der Waals surface area contributed by atoms with Gasteiger partial charge in [-0.3, -0.25) is 9.48 Å². The Bertz CT molecular complexity index is 419. The van der Waals surface area contributed by atoms with Crippen LogP contribution in [0, 0.1) is 6.92 Å². The Morgan fingerprint density at radius 3 is 2.71 bits per heavy atom. The molecule has 1 aromatic rings. The van der Waals surface area contributed by atoms with Crippen LogP contribution in [0.4, 0.5) is 0 Å². The van der Waals surface area contributed by atoms with Crippen LogP contribution < -0.4 is 5.32 Å². The molecule has 2 N–H and O–H groups in total. The summed E-state index contributed by atoms with van der Waals surface area (Å²) in [6.07, 6.45) is 5.55. The quantitative estimate of drug-likeness (QED) is 0.815. The lowest BCUT2D eigenvalue weighted by Crippen LogP contribution is -2.49. The van der Waals surface area contributed by atoms with Crippen LogP contribution in [0.1, 0.15) is 41.7 Å². The number of amides is 1. The first-order valence-electron chi connectivity index (χ1n) is 6.00. The number of nitrogens with zero attached hydrogens (tertiary/aromatic N) is 2. The molecule has 0 aliphatic heterocycles. The molecule has 1 fully saturated rings. The molecule has 1 aliphatic carbocycles. The van der Waals surface area contributed by atoms with E-state index in [9.17, 15) is 9.90 Å². The van der Waals surface area contributed by atoms with Gasteiger partial charge < -0.3 is 10.4 Å². The van der Waals surface area contributed by atoms with Crippen LogP contribution in [0.2, 0.25) is 0 Å². The minimum Gasteiger partial charge on any atom is -0.394 e. The van der Waals surface area contributed by atoms with Crippen LogP contribution in [0.3, 0.4) is 0 Å². The van der Waals surface area contributed by atoms with E-state index in [-0.39, 0.29) is 12.5 Å². The summed E-state index contributed by atoms with van der Waals surface area (Å²) in [6.45, 7) is 1.83. The van der Waals surface area contributed by atoms with Crippen LogP contribution in [0.25, 0.3) is 0 Å². The molecule has 1 aromatic heterocycles. The van der Waals surface area contributed by atoms with Crippen molar-refractivity contribution < 1.29 is 9.90 Å². The van der Waals surface area contributed by atoms with Crippen molar-refractivity contribution in [3.05, 3.63) is 17.5 Å². The van der Waals surface area contributed by atoms with Gasteiger partial charge in [-0.1, -0.05) is 12.8 Å². The van der Waals surface area contributed by atoms with Gasteiger partial charge in [-0.05, 0) is 19.8 Å². The molecule has 1 aliphatic rings. The fraction of sp³-hybridized carbons (Fsp3) is 0.667. The monoisotopic (exact) mass is 237 g/mol. The van der Waals surface area contributed by atoms with Crippen molar-refractivity contribution in [1.82, 2.24) is 15.1 Å². The third kappa shape index (κ3) is 2.34. The Hall–Kier alpha value is -1.36. The van der Waals surface area contributed by atoms with Crippen LogP contribution in [0.15, 0.2) is 6.20 Å². The summed E-state index contributed by atoms with van der Waals surface area (Å²) >= 11 is 0. The SMILES string of the molecule is Cc1nn(C)cc1C(=O)NC1(CO)CCCC1. The summed E-state index contributed by atoms with van der Waals surface area (Å²) in [5.74, 6) is -0.133. The normalized spacial score (nSPS) is 18.3. The number of aliphatic hydroxyl groups excluding tert-OH is 1. The summed E-state index contributed by atoms with van der Waals surface area (Å²) in [4.78, 5) is 12.1. The van der Waals surface area contributed by atoms with Gasteiger partial charge in [0.05, 0.1) is 23.4 Å². The molecule has 1 heterocycles. The summed E-state index contributed by atoms with van der Waals surface area (Å²) in [5.41, 5.74) is 0.891. The molecular weight excluding hydrogens is 218 g/mol. The third-order valence-corrected chi connectivity index (χ3v) is 3.50. The highest BCUT2D eigenvalue weighted by atomic mass is 16.3. The second-order valence-corrected chi connectivity index (χ2v) is 4.90. The highest BCUT2D eigenvalue weighted by Gasteiger charge is 2.35. The summed E-state index contributed by atoms with van der Waals surface area (Å²) in [7, 11) is 1.79. The smallest absolute Gasteiger partial charge is 0.255 e. The molecule has 0 aromatic carbocycles. The standard InChI is InChI=1S/C12H19N3O2/c1-9-10(7-15(2)14-9)11(17)13-12(8-16)5-3-4-6-12/h7,16H,3-6,8H2,1-2H3,(H,13,17). The maximum atomic E-state index is 12.1. The lowest BCUT2D eigenvalue weighted by Gasteiger charge is -2.27. The van der Waals surface area contributed by atoms with Gasteiger partial charge in [-0.2, -0.15) is 5.10 Å². The van der Waals surface area contributed by atoms with E-state index in [0.717, 1.165) is 31.4 Å². The Balaban J connectivity index is 2.13. The Morgan fingerprint density at radius 1 is 1.59 bits per heavy atom. The lowest BCUT2D eigenvalue weighted by molar-refractivity contribution is 0.0838. The van der Waals surface area contributed by atoms with Gasteiger partial charge in [-0.25, -0.2) is 0 Å². The molecule has 5 heteroatoms. The van der Waals surface area contributed by atoms with E-state index in [2.05, 4.69) is 10.4 Å². The van der Waals surface area contributed by atoms with Crippen molar-refractivity contribution in [3.8, 4) is 0 Å². The lowest BCUT2D eigenvalue weighted by atomic mass is 9.98. The molecule has 0 spiro atoms. The van der Waals surface area contributed by atoms with Crippen molar-refractivity contribution in [3.63, 3.8) is 0 Å². The van der Waals surface area contributed by atoms with E-state index in [1.807, 2.05) is 6.92 Å². The largest absolute Gasteiger partial charge is 0.394 e. The van der Waals surface area contributed by atoms with Gasteiger partial charge in [0, 0.05) is 13.2 Å². The molecule has 5 nitrogen and oxygen atoms in total. The number of hydrogen-bond donors (Lipinski definition) is 2. The van der Waals surface area contributed by atoms with E-state index >= 15 is 0 Å². The molecule has 94 valence electrons. The number of nitrogens with one attached hydrogen (secondary N) is 1. The zero-order valence-corrected chi connectivity index (χ0v) is 10.4. The zero-order valence-electron chi connectivity index (χ0n) is 10.4. The second kappa shape index (κ2) is 4.49. The topological polar surface area (TPSA) is 67.2 Å². The fourth-order valence-electron chi connectivity index (χ4n) is 2.51. The molecule has 17 heavy (non-hydrogen) atoms. The zero-order chi connectivity index (χ0) is 12.5. The molecule has 1 amide bonds. The Kier molecular flexibility index (Phi) is 3.19. The number of carbonyl (C=O) groups excluding carboxylic acids is 1. The van der Waals surface area contributed by atoms with Gasteiger partial charge in [0.25, 0.3) is 5.91 Å². The van der Waals surface area contributed by atoms with Gasteiger partial charge in [0.15, 0.2) is 0 Å². The molecule has 2 rings (SSSR count). The predicted molar refractivity (Wildman–Crippen MR) is 63.7 cm³/mol. The van der Waals surface area contributed by atoms with Crippen LogP contribution in [-0.2, 0) is 7.05 Å². The summed E-state index contributed by atoms with van der Waals surface area (Å²) < 4.78 is 1.63. The van der Waals surface area contributed by atoms with Crippen LogP contribution in [-0.4, -0.2) is 32.9 Å². The van der Waals surface area contributed by atoms with E-state index in [0.29, 0.717) is 5.56 Å². The molecule has 0 bridgehead atoms. The van der Waals surface area contributed by atoms with Crippen molar-refractivity contribution in [2.24, 2.45) is 7.05 Å². The van der Waals surface area contributed by atoms with Crippen LogP contribution in [0.5, 0.6) is 0 Å². The first kappa shape index (κ1) is 12.1. The fourth-order valence-corrected chi connectivity index (χ4v) is 2.51. The number of aryl methyl sites for hydroxylation is 2. The number of rotatable bonds is 3. The second-order valence-electron chi connectivity index (χ2n) is 4.90. The minimum absolute atomic E-state index is 0.0120. The molecule has 0 radical (unpaired) electrons. The number of hydrogen-bond acceptors (Lipinski definition) is 3. The summed E-state index contributed by atoms with van der Waals surface area (Å²) in [6, 6.07) is 0. The Labute approximate surface area is 101 Å². The molecule has 0 unspecified atom stereocenters. The van der Waals surface area contributed by atoms with E-state index in [4.69, 9.17) is 0 Å². The van der Waals surface area contributed by atoms with E-state index in [1.165, 1.54) is 0 Å². The van der Waals surface area contributed by atoms with Crippen molar-refractivity contribution in [2.45, 2.75) is 38.1 Å². The maximum Gasteiger partial charge on any atom is 0.255 e. The molecule has 0 saturated heterocycles. The van der Waals surface area contributed by atoms with Gasteiger partial charge >= 0.3 is 0 Å². The first-order chi connectivity index (χ1) is 8.06. The Morgan fingerprint density at radius 2 is 2.24 bits per heavy atom. The number of aromatic nitrogens is 2. The molecular formula is C12H19N3O2. The maximum absolute atomic E-state index is 12.1. The van der Waals surface area contributed by atoms with Gasteiger partial charge in [0.2, 0.25) is 0 Å².